The molecule has 0 atom stereocenters. The number of benzene rings is 1. The highest BCUT2D eigenvalue weighted by Gasteiger charge is 2.03. The monoisotopic (exact) mass is 332 g/mol. The molecule has 0 fully saturated rings. The van der Waals surface area contributed by atoms with Gasteiger partial charge in [-0.3, -0.25) is 10.1 Å². The number of aliphatic hydroxyl groups is 2. The van der Waals surface area contributed by atoms with Crippen molar-refractivity contribution in [1.29, 1.82) is 0 Å². The molecule has 2 N–H and O–H groups in total. The van der Waals surface area contributed by atoms with Gasteiger partial charge in [0.2, 0.25) is 0 Å². The molecule has 1 aromatic carbocycles. The highest BCUT2D eigenvalue weighted by atomic mass is 16.6. The van der Waals surface area contributed by atoms with Gasteiger partial charge in [0, 0.05) is 25.2 Å². The van der Waals surface area contributed by atoms with Gasteiger partial charge in [-0.25, -0.2) is 0 Å². The molecule has 8 nitrogen and oxygen atoms in total. The zero-order valence-electron chi connectivity index (χ0n) is 13.2. The van der Waals surface area contributed by atoms with Crippen LogP contribution in [0.25, 0.3) is 0 Å². The van der Waals surface area contributed by atoms with Gasteiger partial charge in [-0.05, 0) is 36.6 Å². The highest BCUT2D eigenvalue weighted by molar-refractivity contribution is 5.43. The lowest BCUT2D eigenvalue weighted by Gasteiger charge is -2.16. The molecule has 0 aliphatic carbocycles. The Bertz CT molecular complexity index is 617. The summed E-state index contributed by atoms with van der Waals surface area (Å²) in [6, 6.07) is 5.71. The minimum atomic E-state index is -0.481. The molecular formula is C16H20N4O4. The second-order valence-corrected chi connectivity index (χ2v) is 4.59. The summed E-state index contributed by atoms with van der Waals surface area (Å²) in [6.45, 7) is 4.45. The fourth-order valence-corrected chi connectivity index (χ4v) is 1.68. The number of hydrogen-bond donors (Lipinski definition) is 2. The molecule has 128 valence electrons. The number of rotatable bonds is 10. The first kappa shape index (κ1) is 19.2. The standard InChI is InChI=1S/C16H20N4O4/c1-2-14(4-3-9-19(10-12-21)11-13-22)17-18-15-5-7-16(8-6-15)20(23)24/h2-9,21-22H,1,10-13H2/b9-3+,14-4+,18-17?. The third kappa shape index (κ3) is 6.95. The summed E-state index contributed by atoms with van der Waals surface area (Å²) in [6.07, 6.45) is 6.61. The summed E-state index contributed by atoms with van der Waals surface area (Å²) in [5.41, 5.74) is 0.973. The predicted molar refractivity (Wildman–Crippen MR) is 90.8 cm³/mol. The average molecular weight is 332 g/mol. The second kappa shape index (κ2) is 10.8. The highest BCUT2D eigenvalue weighted by Crippen LogP contribution is 2.19. The van der Waals surface area contributed by atoms with Crippen LogP contribution in [-0.2, 0) is 0 Å². The molecule has 0 amide bonds. The quantitative estimate of drug-likeness (QED) is 0.296. The number of nitro benzene ring substituents is 1. The number of hydrogen-bond acceptors (Lipinski definition) is 7. The van der Waals surface area contributed by atoms with Gasteiger partial charge in [-0.2, -0.15) is 10.2 Å². The van der Waals surface area contributed by atoms with E-state index in [0.717, 1.165) is 0 Å². The summed E-state index contributed by atoms with van der Waals surface area (Å²) in [4.78, 5) is 11.9. The third-order valence-electron chi connectivity index (χ3n) is 2.89. The van der Waals surface area contributed by atoms with E-state index in [1.807, 2.05) is 0 Å². The van der Waals surface area contributed by atoms with Gasteiger partial charge in [0.05, 0.1) is 29.5 Å². The first-order chi connectivity index (χ1) is 11.6. The molecule has 0 aliphatic heterocycles. The topological polar surface area (TPSA) is 112 Å². The van der Waals surface area contributed by atoms with Crippen molar-refractivity contribution in [1.82, 2.24) is 4.90 Å². The van der Waals surface area contributed by atoms with E-state index in [1.165, 1.54) is 30.3 Å². The molecule has 1 rings (SSSR count). The van der Waals surface area contributed by atoms with Crippen LogP contribution >= 0.6 is 0 Å². The van der Waals surface area contributed by atoms with Crippen molar-refractivity contribution < 1.29 is 15.1 Å². The number of allylic oxidation sites excluding steroid dienone is 3. The van der Waals surface area contributed by atoms with E-state index in [2.05, 4.69) is 16.8 Å². The Kier molecular flexibility index (Phi) is 8.65. The summed E-state index contributed by atoms with van der Waals surface area (Å²) < 4.78 is 0. The van der Waals surface area contributed by atoms with E-state index in [9.17, 15) is 10.1 Å². The molecule has 0 saturated heterocycles. The van der Waals surface area contributed by atoms with Gasteiger partial charge in [-0.1, -0.05) is 6.58 Å². The number of aliphatic hydroxyl groups excluding tert-OH is 2. The molecular weight excluding hydrogens is 312 g/mol. The minimum Gasteiger partial charge on any atom is -0.395 e. The number of nitro groups is 1. The Morgan fingerprint density at radius 2 is 1.88 bits per heavy atom. The molecule has 0 aliphatic rings. The summed E-state index contributed by atoms with van der Waals surface area (Å²) in [5, 5.41) is 36.4. The van der Waals surface area contributed by atoms with Crippen molar-refractivity contribution in [2.45, 2.75) is 0 Å². The van der Waals surface area contributed by atoms with Crippen LogP contribution in [0.1, 0.15) is 0 Å². The molecule has 0 aromatic heterocycles. The van der Waals surface area contributed by atoms with Crippen molar-refractivity contribution >= 4 is 11.4 Å². The smallest absolute Gasteiger partial charge is 0.269 e. The molecule has 0 radical (unpaired) electrons. The number of nitrogens with zero attached hydrogens (tertiary/aromatic N) is 4. The summed E-state index contributed by atoms with van der Waals surface area (Å²) in [7, 11) is 0. The molecule has 0 heterocycles. The maximum Gasteiger partial charge on any atom is 0.269 e. The average Bonchev–Trinajstić information content (AvgIpc) is 2.58. The van der Waals surface area contributed by atoms with Crippen molar-refractivity contribution in [3.8, 4) is 0 Å². The van der Waals surface area contributed by atoms with E-state index in [1.54, 1.807) is 23.3 Å². The Morgan fingerprint density at radius 3 is 2.38 bits per heavy atom. The number of non-ortho nitro benzene ring substituents is 1. The lowest BCUT2D eigenvalue weighted by atomic mass is 10.3. The van der Waals surface area contributed by atoms with E-state index in [-0.39, 0.29) is 18.9 Å². The van der Waals surface area contributed by atoms with Crippen molar-refractivity contribution in [2.75, 3.05) is 26.3 Å². The fourth-order valence-electron chi connectivity index (χ4n) is 1.68. The van der Waals surface area contributed by atoms with Crippen molar-refractivity contribution in [2.24, 2.45) is 10.2 Å². The first-order valence-corrected chi connectivity index (χ1v) is 7.23. The molecule has 0 unspecified atom stereocenters. The third-order valence-corrected chi connectivity index (χ3v) is 2.89. The van der Waals surface area contributed by atoms with Gasteiger partial charge < -0.3 is 15.1 Å². The zero-order valence-corrected chi connectivity index (χ0v) is 13.2. The molecule has 0 spiro atoms. The molecule has 0 bridgehead atoms. The predicted octanol–water partition coefficient (Wildman–Crippen LogP) is 2.55. The van der Waals surface area contributed by atoms with Gasteiger partial charge in [0.25, 0.3) is 5.69 Å². The van der Waals surface area contributed by atoms with Crippen LogP contribution in [0.3, 0.4) is 0 Å². The Hall–Kier alpha value is -2.84. The molecule has 8 heteroatoms. The summed E-state index contributed by atoms with van der Waals surface area (Å²) in [5.74, 6) is 0. The van der Waals surface area contributed by atoms with Crippen molar-refractivity contribution in [3.05, 3.63) is 71.1 Å². The lowest BCUT2D eigenvalue weighted by Crippen LogP contribution is -2.24. The van der Waals surface area contributed by atoms with E-state index < -0.39 is 4.92 Å². The first-order valence-electron chi connectivity index (χ1n) is 7.23. The van der Waals surface area contributed by atoms with Crippen LogP contribution < -0.4 is 0 Å². The van der Waals surface area contributed by atoms with E-state index >= 15 is 0 Å². The van der Waals surface area contributed by atoms with Gasteiger partial charge in [0.1, 0.15) is 0 Å². The van der Waals surface area contributed by atoms with Crippen LogP contribution in [0.2, 0.25) is 0 Å². The van der Waals surface area contributed by atoms with Gasteiger partial charge >= 0.3 is 0 Å². The largest absolute Gasteiger partial charge is 0.395 e. The van der Waals surface area contributed by atoms with Crippen LogP contribution in [0.15, 0.2) is 71.2 Å². The Morgan fingerprint density at radius 1 is 1.25 bits per heavy atom. The molecule has 0 saturated carbocycles. The van der Waals surface area contributed by atoms with E-state index in [4.69, 9.17) is 10.2 Å². The van der Waals surface area contributed by atoms with Crippen molar-refractivity contribution in [3.63, 3.8) is 0 Å². The van der Waals surface area contributed by atoms with E-state index in [0.29, 0.717) is 24.5 Å². The number of azo groups is 1. The maximum atomic E-state index is 10.6. The maximum absolute atomic E-state index is 10.6. The summed E-state index contributed by atoms with van der Waals surface area (Å²) >= 11 is 0. The second-order valence-electron chi connectivity index (χ2n) is 4.59. The minimum absolute atomic E-state index is 0.00997. The van der Waals surface area contributed by atoms with Crippen LogP contribution in [0.4, 0.5) is 11.4 Å². The van der Waals surface area contributed by atoms with Crippen LogP contribution in [0.5, 0.6) is 0 Å². The zero-order chi connectivity index (χ0) is 17.8. The fraction of sp³-hybridized carbons (Fsp3) is 0.250. The van der Waals surface area contributed by atoms with Gasteiger partial charge in [-0.15, -0.1) is 0 Å². The van der Waals surface area contributed by atoms with Crippen LogP contribution in [0, 0.1) is 10.1 Å². The normalized spacial score (nSPS) is 12.0. The van der Waals surface area contributed by atoms with Gasteiger partial charge in [0.15, 0.2) is 0 Å². The Labute approximate surface area is 139 Å². The molecule has 1 aromatic rings. The SMILES string of the molecule is C=C/C(=C\C=C\N(CCO)CCO)N=Nc1ccc([N+](=O)[O-])cc1. The molecule has 24 heavy (non-hydrogen) atoms. The lowest BCUT2D eigenvalue weighted by molar-refractivity contribution is -0.384. The van der Waals surface area contributed by atoms with Crippen LogP contribution in [-0.4, -0.2) is 46.3 Å². The Balaban J connectivity index is 2.74.